The Labute approximate surface area is 108 Å². The van der Waals surface area contributed by atoms with Crippen LogP contribution in [0.15, 0.2) is 6.07 Å². The van der Waals surface area contributed by atoms with Crippen molar-refractivity contribution in [2.24, 2.45) is 11.3 Å². The van der Waals surface area contributed by atoms with Gasteiger partial charge in [0, 0.05) is 6.54 Å². The van der Waals surface area contributed by atoms with Gasteiger partial charge >= 0.3 is 0 Å². The van der Waals surface area contributed by atoms with Crippen molar-refractivity contribution in [1.82, 2.24) is 9.97 Å². The Balaban J connectivity index is 2.05. The van der Waals surface area contributed by atoms with Gasteiger partial charge in [-0.15, -0.1) is 0 Å². The Morgan fingerprint density at radius 1 is 1.22 bits per heavy atom. The van der Waals surface area contributed by atoms with Gasteiger partial charge in [0.25, 0.3) is 0 Å². The number of ether oxygens (including phenoxy) is 2. The molecule has 1 N–H and O–H groups in total. The summed E-state index contributed by atoms with van der Waals surface area (Å²) < 4.78 is 10.2. The van der Waals surface area contributed by atoms with Gasteiger partial charge in [0.05, 0.1) is 20.3 Å². The summed E-state index contributed by atoms with van der Waals surface area (Å²) in [6.45, 7) is 5.43. The number of methoxy groups -OCH3 is 2. The van der Waals surface area contributed by atoms with Gasteiger partial charge < -0.3 is 14.8 Å². The number of rotatable bonds is 6. The molecule has 1 aromatic heterocycles. The van der Waals surface area contributed by atoms with Gasteiger partial charge in [-0.05, 0) is 24.2 Å². The van der Waals surface area contributed by atoms with E-state index in [1.54, 1.807) is 20.3 Å². The van der Waals surface area contributed by atoms with Crippen molar-refractivity contribution in [2.45, 2.75) is 26.7 Å². The SMILES string of the molecule is COc1cc(OC)nc(NCC2(C(C)C)CC2)n1. The monoisotopic (exact) mass is 251 g/mol. The molecule has 5 nitrogen and oxygen atoms in total. The van der Waals surface area contributed by atoms with E-state index in [0.717, 1.165) is 6.54 Å². The molecule has 1 fully saturated rings. The lowest BCUT2D eigenvalue weighted by Crippen LogP contribution is -2.22. The maximum atomic E-state index is 5.12. The predicted octanol–water partition coefficient (Wildman–Crippen LogP) is 2.34. The van der Waals surface area contributed by atoms with Crippen molar-refractivity contribution in [3.8, 4) is 11.8 Å². The highest BCUT2D eigenvalue weighted by molar-refractivity contribution is 5.34. The molecule has 2 rings (SSSR count). The van der Waals surface area contributed by atoms with E-state index in [4.69, 9.17) is 9.47 Å². The van der Waals surface area contributed by atoms with E-state index in [2.05, 4.69) is 29.1 Å². The van der Waals surface area contributed by atoms with Crippen LogP contribution in [-0.2, 0) is 0 Å². The van der Waals surface area contributed by atoms with Crippen molar-refractivity contribution in [3.05, 3.63) is 6.07 Å². The summed E-state index contributed by atoms with van der Waals surface area (Å²) in [6.07, 6.45) is 2.55. The van der Waals surface area contributed by atoms with Crippen LogP contribution in [-0.4, -0.2) is 30.7 Å². The number of hydrogen-bond acceptors (Lipinski definition) is 5. The van der Waals surface area contributed by atoms with Crippen LogP contribution < -0.4 is 14.8 Å². The third-order valence-corrected chi connectivity index (χ3v) is 3.81. The Hall–Kier alpha value is -1.52. The molecular formula is C13H21N3O2. The van der Waals surface area contributed by atoms with Crippen LogP contribution in [0.5, 0.6) is 11.8 Å². The molecule has 5 heteroatoms. The second-order valence-electron chi connectivity index (χ2n) is 5.15. The van der Waals surface area contributed by atoms with Gasteiger partial charge in [0.15, 0.2) is 0 Å². The largest absolute Gasteiger partial charge is 0.481 e. The predicted molar refractivity (Wildman–Crippen MR) is 70.1 cm³/mol. The molecule has 1 saturated carbocycles. The lowest BCUT2D eigenvalue weighted by molar-refractivity contribution is 0.368. The average molecular weight is 251 g/mol. The summed E-state index contributed by atoms with van der Waals surface area (Å²) in [5, 5.41) is 3.30. The topological polar surface area (TPSA) is 56.3 Å². The van der Waals surface area contributed by atoms with Crippen LogP contribution in [0.2, 0.25) is 0 Å². The minimum absolute atomic E-state index is 0.416. The summed E-state index contributed by atoms with van der Waals surface area (Å²) in [6, 6.07) is 1.67. The van der Waals surface area contributed by atoms with Crippen molar-refractivity contribution < 1.29 is 9.47 Å². The van der Waals surface area contributed by atoms with E-state index >= 15 is 0 Å². The molecule has 1 aliphatic rings. The van der Waals surface area contributed by atoms with E-state index in [0.29, 0.717) is 29.0 Å². The van der Waals surface area contributed by atoms with E-state index < -0.39 is 0 Å². The van der Waals surface area contributed by atoms with Crippen molar-refractivity contribution in [2.75, 3.05) is 26.1 Å². The van der Waals surface area contributed by atoms with E-state index in [-0.39, 0.29) is 0 Å². The van der Waals surface area contributed by atoms with Crippen molar-refractivity contribution >= 4 is 5.95 Å². The fourth-order valence-electron chi connectivity index (χ4n) is 2.07. The number of aromatic nitrogens is 2. The molecule has 0 spiro atoms. The van der Waals surface area contributed by atoms with Gasteiger partial charge in [0.2, 0.25) is 17.7 Å². The first-order valence-electron chi connectivity index (χ1n) is 6.30. The van der Waals surface area contributed by atoms with Crippen LogP contribution in [0.3, 0.4) is 0 Å². The summed E-state index contributed by atoms with van der Waals surface area (Å²) in [4.78, 5) is 8.53. The minimum Gasteiger partial charge on any atom is -0.481 e. The van der Waals surface area contributed by atoms with Crippen LogP contribution >= 0.6 is 0 Å². The smallest absolute Gasteiger partial charge is 0.229 e. The summed E-state index contributed by atoms with van der Waals surface area (Å²) in [5.41, 5.74) is 0.416. The third-order valence-electron chi connectivity index (χ3n) is 3.81. The second-order valence-corrected chi connectivity index (χ2v) is 5.15. The first-order chi connectivity index (χ1) is 8.59. The maximum Gasteiger partial charge on any atom is 0.229 e. The molecule has 0 radical (unpaired) electrons. The molecule has 0 atom stereocenters. The van der Waals surface area contributed by atoms with Gasteiger partial charge in [0.1, 0.15) is 0 Å². The molecule has 1 aliphatic carbocycles. The lowest BCUT2D eigenvalue weighted by Gasteiger charge is -2.20. The maximum absolute atomic E-state index is 5.12. The van der Waals surface area contributed by atoms with Crippen molar-refractivity contribution in [1.29, 1.82) is 0 Å². The standard InChI is InChI=1S/C13H21N3O2/c1-9(2)13(5-6-13)8-14-12-15-10(17-3)7-11(16-12)18-4/h7,9H,5-6,8H2,1-4H3,(H,14,15,16). The fraction of sp³-hybridized carbons (Fsp3) is 0.692. The van der Waals surface area contributed by atoms with Gasteiger partial charge in [-0.2, -0.15) is 9.97 Å². The Bertz CT molecular complexity index is 394. The molecule has 1 heterocycles. The van der Waals surface area contributed by atoms with Crippen LogP contribution in [0, 0.1) is 11.3 Å². The second kappa shape index (κ2) is 5.00. The molecule has 0 unspecified atom stereocenters. The highest BCUT2D eigenvalue weighted by Crippen LogP contribution is 2.51. The quantitative estimate of drug-likeness (QED) is 0.841. The molecule has 0 aromatic carbocycles. The van der Waals surface area contributed by atoms with Crippen molar-refractivity contribution in [3.63, 3.8) is 0 Å². The summed E-state index contributed by atoms with van der Waals surface area (Å²) in [7, 11) is 3.17. The molecule has 0 saturated heterocycles. The zero-order chi connectivity index (χ0) is 13.2. The van der Waals surface area contributed by atoms with Crippen LogP contribution in [0.1, 0.15) is 26.7 Å². The van der Waals surface area contributed by atoms with Crippen LogP contribution in [0.25, 0.3) is 0 Å². The van der Waals surface area contributed by atoms with Gasteiger partial charge in [-0.25, -0.2) is 0 Å². The van der Waals surface area contributed by atoms with E-state index in [1.165, 1.54) is 12.8 Å². The first kappa shape index (κ1) is 12.9. The molecule has 0 bridgehead atoms. The first-order valence-corrected chi connectivity index (χ1v) is 6.30. The number of hydrogen-bond donors (Lipinski definition) is 1. The van der Waals surface area contributed by atoms with Gasteiger partial charge in [-0.3, -0.25) is 0 Å². The average Bonchev–Trinajstić information content (AvgIpc) is 3.17. The van der Waals surface area contributed by atoms with Crippen LogP contribution in [0.4, 0.5) is 5.95 Å². The van der Waals surface area contributed by atoms with E-state index in [9.17, 15) is 0 Å². The number of nitrogens with one attached hydrogen (secondary N) is 1. The molecule has 1 aromatic rings. The molecular weight excluding hydrogens is 230 g/mol. The lowest BCUT2D eigenvalue weighted by atomic mass is 9.92. The Morgan fingerprint density at radius 2 is 1.78 bits per heavy atom. The number of anilines is 1. The summed E-state index contributed by atoms with van der Waals surface area (Å²) >= 11 is 0. The summed E-state index contributed by atoms with van der Waals surface area (Å²) in [5.74, 6) is 2.27. The Kier molecular flexibility index (Phi) is 3.59. The normalized spacial score (nSPS) is 16.5. The molecule has 100 valence electrons. The van der Waals surface area contributed by atoms with E-state index in [1.807, 2.05) is 0 Å². The Morgan fingerprint density at radius 3 is 2.17 bits per heavy atom. The zero-order valence-corrected chi connectivity index (χ0v) is 11.5. The zero-order valence-electron chi connectivity index (χ0n) is 11.5. The minimum atomic E-state index is 0.416. The molecule has 0 aliphatic heterocycles. The van der Waals surface area contributed by atoms with Gasteiger partial charge in [-0.1, -0.05) is 13.8 Å². The number of nitrogens with zero attached hydrogens (tertiary/aromatic N) is 2. The molecule has 0 amide bonds. The molecule has 18 heavy (non-hydrogen) atoms. The fourth-order valence-corrected chi connectivity index (χ4v) is 2.07. The highest BCUT2D eigenvalue weighted by atomic mass is 16.5. The highest BCUT2D eigenvalue weighted by Gasteiger charge is 2.45. The third kappa shape index (κ3) is 2.66.